The lowest BCUT2D eigenvalue weighted by Gasteiger charge is -2.14. The molecule has 0 aliphatic carbocycles. The van der Waals surface area contributed by atoms with E-state index < -0.39 is 0 Å². The number of hydrogen-bond donors (Lipinski definition) is 2. The first-order chi connectivity index (χ1) is 12.8. The highest BCUT2D eigenvalue weighted by molar-refractivity contribution is 6.31. The second-order valence-corrected chi connectivity index (χ2v) is 6.68. The van der Waals surface area contributed by atoms with Crippen molar-refractivity contribution in [1.82, 2.24) is 15.0 Å². The lowest BCUT2D eigenvalue weighted by molar-refractivity contribution is 0.306. The number of fused-ring (bicyclic) bond motifs is 2. The monoisotopic (exact) mass is 369 g/mol. The van der Waals surface area contributed by atoms with Crippen molar-refractivity contribution >= 4 is 40.0 Å². The number of pyridine rings is 1. The molecular weight excluding hydrogens is 350 g/mol. The van der Waals surface area contributed by atoms with Crippen molar-refractivity contribution in [3.8, 4) is 5.75 Å². The number of nitrogens with one attached hydrogen (secondary N) is 2. The lowest BCUT2D eigenvalue weighted by Crippen LogP contribution is -2.04. The van der Waals surface area contributed by atoms with Crippen LogP contribution in [0.5, 0.6) is 5.75 Å². The van der Waals surface area contributed by atoms with E-state index in [1.165, 1.54) is 6.33 Å². The van der Waals surface area contributed by atoms with Crippen molar-refractivity contribution in [2.75, 3.05) is 23.8 Å². The van der Waals surface area contributed by atoms with Gasteiger partial charge in [0, 0.05) is 11.6 Å². The van der Waals surface area contributed by atoms with Crippen molar-refractivity contribution in [1.29, 1.82) is 0 Å². The highest BCUT2D eigenvalue weighted by Gasteiger charge is 2.11. The van der Waals surface area contributed by atoms with Crippen LogP contribution in [0.15, 0.2) is 36.7 Å². The van der Waals surface area contributed by atoms with E-state index in [0.717, 1.165) is 55.0 Å². The SMILES string of the molecule is Clc1ccc2c(c1)Nc1ncnc3ccc(nc13)NCCCCCCO2. The molecule has 4 rings (SSSR count). The molecular formula is C19H20ClN5O. The summed E-state index contributed by atoms with van der Waals surface area (Å²) in [5.41, 5.74) is 2.26. The van der Waals surface area contributed by atoms with Crippen LogP contribution in [0, 0.1) is 0 Å². The summed E-state index contributed by atoms with van der Waals surface area (Å²) in [6, 6.07) is 9.45. The largest absolute Gasteiger partial charge is 0.491 e. The molecule has 1 aliphatic rings. The van der Waals surface area contributed by atoms with Gasteiger partial charge in [0.2, 0.25) is 0 Å². The highest BCUT2D eigenvalue weighted by atomic mass is 35.5. The van der Waals surface area contributed by atoms with Crippen molar-refractivity contribution in [2.45, 2.75) is 25.7 Å². The minimum Gasteiger partial charge on any atom is -0.491 e. The minimum absolute atomic E-state index is 0.626. The fourth-order valence-electron chi connectivity index (χ4n) is 2.96. The summed E-state index contributed by atoms with van der Waals surface area (Å²) >= 11 is 6.19. The van der Waals surface area contributed by atoms with Gasteiger partial charge in [0.15, 0.2) is 5.82 Å². The molecule has 26 heavy (non-hydrogen) atoms. The Labute approximate surface area is 157 Å². The molecule has 7 heteroatoms. The maximum Gasteiger partial charge on any atom is 0.160 e. The first-order valence-corrected chi connectivity index (χ1v) is 9.22. The normalized spacial score (nSPS) is 15.1. The Morgan fingerprint density at radius 1 is 1.00 bits per heavy atom. The molecule has 1 aliphatic heterocycles. The highest BCUT2D eigenvalue weighted by Crippen LogP contribution is 2.32. The molecule has 3 heterocycles. The van der Waals surface area contributed by atoms with Crippen molar-refractivity contribution < 1.29 is 4.74 Å². The van der Waals surface area contributed by atoms with Gasteiger partial charge in [-0.1, -0.05) is 24.4 Å². The van der Waals surface area contributed by atoms with E-state index >= 15 is 0 Å². The van der Waals surface area contributed by atoms with Gasteiger partial charge in [-0.3, -0.25) is 0 Å². The van der Waals surface area contributed by atoms with Gasteiger partial charge >= 0.3 is 0 Å². The lowest BCUT2D eigenvalue weighted by atomic mass is 10.2. The second-order valence-electron chi connectivity index (χ2n) is 6.24. The average Bonchev–Trinajstić information content (AvgIpc) is 2.65. The number of halogens is 1. The molecule has 3 aromatic rings. The van der Waals surface area contributed by atoms with Crippen LogP contribution in [0.2, 0.25) is 5.02 Å². The number of anilines is 3. The standard InChI is InChI=1S/C19H20ClN5O/c20-13-5-7-16-15(11-13)24-19-18-14(22-12-23-19)6-8-17(25-18)21-9-3-1-2-4-10-26-16/h5-8,11-12H,1-4,9-10H2,(H,21,25)(H,22,23,24). The zero-order chi connectivity index (χ0) is 17.8. The van der Waals surface area contributed by atoms with Gasteiger partial charge in [-0.05, 0) is 43.2 Å². The summed E-state index contributed by atoms with van der Waals surface area (Å²) in [6.45, 7) is 1.57. The molecule has 0 saturated heterocycles. The summed E-state index contributed by atoms with van der Waals surface area (Å²) in [4.78, 5) is 13.4. The third-order valence-electron chi connectivity index (χ3n) is 4.31. The van der Waals surface area contributed by atoms with E-state index in [9.17, 15) is 0 Å². The first kappa shape index (κ1) is 16.8. The van der Waals surface area contributed by atoms with Crippen LogP contribution in [-0.4, -0.2) is 28.1 Å². The maximum absolute atomic E-state index is 6.19. The third kappa shape index (κ3) is 3.80. The molecule has 2 aromatic heterocycles. The summed E-state index contributed by atoms with van der Waals surface area (Å²) in [5.74, 6) is 2.21. The summed E-state index contributed by atoms with van der Waals surface area (Å²) < 4.78 is 5.97. The Hall–Kier alpha value is -2.60. The van der Waals surface area contributed by atoms with Crippen LogP contribution >= 0.6 is 11.6 Å². The van der Waals surface area contributed by atoms with Gasteiger partial charge in [-0.25, -0.2) is 15.0 Å². The molecule has 0 unspecified atom stereocenters. The van der Waals surface area contributed by atoms with Crippen LogP contribution in [0.4, 0.5) is 17.3 Å². The molecule has 6 nitrogen and oxygen atoms in total. The number of aromatic nitrogens is 3. The Kier molecular flexibility index (Phi) is 5.02. The number of rotatable bonds is 0. The van der Waals surface area contributed by atoms with Gasteiger partial charge in [-0.2, -0.15) is 0 Å². The Morgan fingerprint density at radius 2 is 1.92 bits per heavy atom. The number of nitrogens with zero attached hydrogens (tertiary/aromatic N) is 3. The predicted molar refractivity (Wildman–Crippen MR) is 105 cm³/mol. The quantitative estimate of drug-likeness (QED) is 0.593. The smallest absolute Gasteiger partial charge is 0.160 e. The van der Waals surface area contributed by atoms with Crippen molar-refractivity contribution in [2.24, 2.45) is 0 Å². The fourth-order valence-corrected chi connectivity index (χ4v) is 3.13. The van der Waals surface area contributed by atoms with Crippen LogP contribution in [0.3, 0.4) is 0 Å². The van der Waals surface area contributed by atoms with Gasteiger partial charge in [0.25, 0.3) is 0 Å². The molecule has 2 bridgehead atoms. The summed E-state index contributed by atoms with van der Waals surface area (Å²) in [5, 5.41) is 7.33. The van der Waals surface area contributed by atoms with Crippen molar-refractivity contribution in [3.05, 3.63) is 41.7 Å². The number of benzene rings is 1. The van der Waals surface area contributed by atoms with Gasteiger partial charge in [0.1, 0.15) is 23.4 Å². The van der Waals surface area contributed by atoms with Crippen molar-refractivity contribution in [3.63, 3.8) is 0 Å². The van der Waals surface area contributed by atoms with Crippen LogP contribution in [0.1, 0.15) is 25.7 Å². The molecule has 1 aromatic carbocycles. The molecule has 0 radical (unpaired) electrons. The zero-order valence-electron chi connectivity index (χ0n) is 14.3. The molecule has 2 N–H and O–H groups in total. The van der Waals surface area contributed by atoms with E-state index in [0.29, 0.717) is 23.0 Å². The van der Waals surface area contributed by atoms with Crippen LogP contribution < -0.4 is 15.4 Å². The molecule has 0 saturated carbocycles. The number of ether oxygens (including phenoxy) is 1. The first-order valence-electron chi connectivity index (χ1n) is 8.84. The molecule has 134 valence electrons. The van der Waals surface area contributed by atoms with E-state index in [1.54, 1.807) is 0 Å². The Morgan fingerprint density at radius 3 is 2.88 bits per heavy atom. The second kappa shape index (κ2) is 7.74. The topological polar surface area (TPSA) is 72.0 Å². The molecule has 0 spiro atoms. The average molecular weight is 370 g/mol. The number of hydrogen-bond acceptors (Lipinski definition) is 6. The van der Waals surface area contributed by atoms with Gasteiger partial charge in [0.05, 0.1) is 17.8 Å². The molecule has 0 atom stereocenters. The van der Waals surface area contributed by atoms with Gasteiger partial charge in [-0.15, -0.1) is 0 Å². The minimum atomic E-state index is 0.626. The Balaban J connectivity index is 1.77. The Bertz CT molecular complexity index is 918. The third-order valence-corrected chi connectivity index (χ3v) is 4.55. The van der Waals surface area contributed by atoms with E-state index in [1.807, 2.05) is 30.3 Å². The van der Waals surface area contributed by atoms with E-state index in [2.05, 4.69) is 20.6 Å². The van der Waals surface area contributed by atoms with E-state index in [4.69, 9.17) is 21.3 Å². The summed E-state index contributed by atoms with van der Waals surface area (Å²) in [6.07, 6.45) is 5.94. The van der Waals surface area contributed by atoms with Gasteiger partial charge < -0.3 is 15.4 Å². The fraction of sp³-hybridized carbons (Fsp3) is 0.316. The maximum atomic E-state index is 6.19. The van der Waals surface area contributed by atoms with Crippen LogP contribution in [0.25, 0.3) is 11.0 Å². The predicted octanol–water partition coefficient (Wildman–Crippen LogP) is 4.79. The van der Waals surface area contributed by atoms with E-state index in [-0.39, 0.29) is 0 Å². The molecule has 0 amide bonds. The summed E-state index contributed by atoms with van der Waals surface area (Å²) in [7, 11) is 0. The van der Waals surface area contributed by atoms with Crippen LogP contribution in [-0.2, 0) is 0 Å². The zero-order valence-corrected chi connectivity index (χ0v) is 15.1. The molecule has 0 fully saturated rings.